The van der Waals surface area contributed by atoms with E-state index in [1.807, 2.05) is 5.38 Å². The van der Waals surface area contributed by atoms with Crippen molar-refractivity contribution in [1.82, 2.24) is 10.6 Å². The summed E-state index contributed by atoms with van der Waals surface area (Å²) in [5, 5.41) is 8.50. The van der Waals surface area contributed by atoms with Crippen molar-refractivity contribution < 1.29 is 4.79 Å². The third-order valence-corrected chi connectivity index (χ3v) is 5.10. The molecule has 1 atom stereocenters. The van der Waals surface area contributed by atoms with Crippen LogP contribution in [0.15, 0.2) is 15.9 Å². The number of nitrogens with one attached hydrogen (secondary N) is 2. The van der Waals surface area contributed by atoms with Gasteiger partial charge in [0.2, 0.25) is 5.91 Å². The van der Waals surface area contributed by atoms with Crippen molar-refractivity contribution in [3.05, 3.63) is 20.8 Å². The Balaban J connectivity index is 1.93. The second-order valence-corrected chi connectivity index (χ2v) is 6.69. The van der Waals surface area contributed by atoms with E-state index in [0.717, 1.165) is 36.7 Å². The molecular weight excluding hydrogens is 312 g/mol. The lowest BCUT2D eigenvalue weighted by atomic mass is 9.91. The first-order chi connectivity index (χ1) is 8.66. The number of thiophene rings is 1. The zero-order chi connectivity index (χ0) is 13.0. The summed E-state index contributed by atoms with van der Waals surface area (Å²) in [6.45, 7) is 3.71. The molecule has 0 aliphatic carbocycles. The third-order valence-electron chi connectivity index (χ3n) is 3.40. The SMILES string of the molecule is CCCC1(C(=O)NCc2cc(Br)cs2)CCCN1. The molecule has 0 bridgehead atoms. The van der Waals surface area contributed by atoms with Gasteiger partial charge in [0.1, 0.15) is 0 Å². The van der Waals surface area contributed by atoms with Gasteiger partial charge in [-0.3, -0.25) is 4.79 Å². The molecule has 3 nitrogen and oxygen atoms in total. The van der Waals surface area contributed by atoms with Crippen LogP contribution in [-0.2, 0) is 11.3 Å². The Labute approximate surface area is 120 Å². The lowest BCUT2D eigenvalue weighted by molar-refractivity contribution is -0.127. The van der Waals surface area contributed by atoms with Gasteiger partial charge in [0.05, 0.1) is 12.1 Å². The van der Waals surface area contributed by atoms with E-state index in [2.05, 4.69) is 39.6 Å². The average molecular weight is 331 g/mol. The molecule has 1 saturated heterocycles. The fourth-order valence-electron chi connectivity index (χ4n) is 2.54. The van der Waals surface area contributed by atoms with Crippen LogP contribution in [0.5, 0.6) is 0 Å². The smallest absolute Gasteiger partial charge is 0.240 e. The Bertz CT molecular complexity index is 413. The highest BCUT2D eigenvalue weighted by molar-refractivity contribution is 9.10. The predicted octanol–water partition coefficient (Wildman–Crippen LogP) is 3.05. The van der Waals surface area contributed by atoms with Gasteiger partial charge in [-0.25, -0.2) is 0 Å². The summed E-state index contributed by atoms with van der Waals surface area (Å²) in [6, 6.07) is 2.06. The molecule has 0 radical (unpaired) electrons. The summed E-state index contributed by atoms with van der Waals surface area (Å²) in [5.41, 5.74) is -0.316. The van der Waals surface area contributed by atoms with E-state index in [0.29, 0.717) is 6.54 Å². The molecule has 0 aromatic carbocycles. The van der Waals surface area contributed by atoms with E-state index in [1.165, 1.54) is 4.88 Å². The minimum absolute atomic E-state index is 0.159. The van der Waals surface area contributed by atoms with Gasteiger partial charge in [-0.05, 0) is 47.8 Å². The lowest BCUT2D eigenvalue weighted by Gasteiger charge is -2.27. The first-order valence-electron chi connectivity index (χ1n) is 6.42. The summed E-state index contributed by atoms with van der Waals surface area (Å²) < 4.78 is 1.08. The van der Waals surface area contributed by atoms with Crippen LogP contribution in [0.4, 0.5) is 0 Å². The van der Waals surface area contributed by atoms with E-state index in [4.69, 9.17) is 0 Å². The first kappa shape index (κ1) is 14.0. The highest BCUT2D eigenvalue weighted by atomic mass is 79.9. The van der Waals surface area contributed by atoms with E-state index in [-0.39, 0.29) is 11.4 Å². The summed E-state index contributed by atoms with van der Waals surface area (Å²) in [6.07, 6.45) is 4.01. The third kappa shape index (κ3) is 3.13. The second kappa shape index (κ2) is 6.17. The standard InChI is InChI=1S/C13H19BrN2OS/c1-2-4-13(5-3-6-16-13)12(17)15-8-11-7-10(14)9-18-11/h7,9,16H,2-6,8H2,1H3,(H,15,17). The average Bonchev–Trinajstić information content (AvgIpc) is 2.97. The van der Waals surface area contributed by atoms with E-state index >= 15 is 0 Å². The van der Waals surface area contributed by atoms with Gasteiger partial charge in [0.25, 0.3) is 0 Å². The Hall–Kier alpha value is -0.390. The molecule has 2 heterocycles. The van der Waals surface area contributed by atoms with Crippen LogP contribution in [0, 0.1) is 0 Å². The molecule has 18 heavy (non-hydrogen) atoms. The Morgan fingerprint density at radius 2 is 2.50 bits per heavy atom. The molecule has 1 aromatic rings. The van der Waals surface area contributed by atoms with Gasteiger partial charge in [-0.2, -0.15) is 0 Å². The molecule has 1 fully saturated rings. The fraction of sp³-hybridized carbons (Fsp3) is 0.615. The number of carbonyl (C=O) groups excluding carboxylic acids is 1. The van der Waals surface area contributed by atoms with Crippen LogP contribution >= 0.6 is 27.3 Å². The number of hydrogen-bond acceptors (Lipinski definition) is 3. The summed E-state index contributed by atoms with van der Waals surface area (Å²) in [7, 11) is 0. The molecule has 5 heteroatoms. The topological polar surface area (TPSA) is 41.1 Å². The molecule has 1 aliphatic heterocycles. The monoisotopic (exact) mass is 330 g/mol. The van der Waals surface area contributed by atoms with Crippen molar-refractivity contribution in [2.75, 3.05) is 6.54 Å². The lowest BCUT2D eigenvalue weighted by Crippen LogP contribution is -2.53. The molecule has 1 amide bonds. The number of rotatable bonds is 5. The van der Waals surface area contributed by atoms with Crippen LogP contribution in [-0.4, -0.2) is 18.0 Å². The summed E-state index contributed by atoms with van der Waals surface area (Å²) in [4.78, 5) is 13.5. The maximum atomic E-state index is 12.4. The molecule has 1 aliphatic rings. The number of halogens is 1. The number of carbonyl (C=O) groups is 1. The van der Waals surface area contributed by atoms with Crippen LogP contribution in [0.2, 0.25) is 0 Å². The Kier molecular flexibility index (Phi) is 4.81. The molecule has 100 valence electrons. The largest absolute Gasteiger partial charge is 0.350 e. The highest BCUT2D eigenvalue weighted by Gasteiger charge is 2.39. The zero-order valence-electron chi connectivity index (χ0n) is 10.6. The van der Waals surface area contributed by atoms with Gasteiger partial charge >= 0.3 is 0 Å². The van der Waals surface area contributed by atoms with E-state index in [1.54, 1.807) is 11.3 Å². The molecule has 1 aromatic heterocycles. The van der Waals surface area contributed by atoms with E-state index in [9.17, 15) is 4.79 Å². The Morgan fingerprint density at radius 3 is 3.06 bits per heavy atom. The maximum Gasteiger partial charge on any atom is 0.240 e. The van der Waals surface area contributed by atoms with Crippen molar-refractivity contribution >= 4 is 33.2 Å². The Morgan fingerprint density at radius 1 is 1.67 bits per heavy atom. The van der Waals surface area contributed by atoms with Crippen LogP contribution < -0.4 is 10.6 Å². The first-order valence-corrected chi connectivity index (χ1v) is 8.10. The van der Waals surface area contributed by atoms with Crippen LogP contribution in [0.25, 0.3) is 0 Å². The van der Waals surface area contributed by atoms with Crippen molar-refractivity contribution in [1.29, 1.82) is 0 Å². The van der Waals surface area contributed by atoms with Crippen molar-refractivity contribution in [3.63, 3.8) is 0 Å². The molecule has 0 spiro atoms. The molecule has 1 unspecified atom stereocenters. The van der Waals surface area contributed by atoms with Crippen molar-refractivity contribution in [2.45, 2.75) is 44.7 Å². The molecular formula is C13H19BrN2OS. The number of amides is 1. The molecule has 0 saturated carbocycles. The number of hydrogen-bond donors (Lipinski definition) is 2. The minimum Gasteiger partial charge on any atom is -0.350 e. The van der Waals surface area contributed by atoms with Crippen LogP contribution in [0.3, 0.4) is 0 Å². The van der Waals surface area contributed by atoms with Gasteiger partial charge in [0.15, 0.2) is 0 Å². The second-order valence-electron chi connectivity index (χ2n) is 4.78. The van der Waals surface area contributed by atoms with Crippen molar-refractivity contribution in [2.24, 2.45) is 0 Å². The van der Waals surface area contributed by atoms with E-state index < -0.39 is 0 Å². The summed E-state index contributed by atoms with van der Waals surface area (Å²) in [5.74, 6) is 0.159. The predicted molar refractivity (Wildman–Crippen MR) is 78.7 cm³/mol. The molecule has 2 N–H and O–H groups in total. The fourth-order valence-corrected chi connectivity index (χ4v) is 3.93. The van der Waals surface area contributed by atoms with Gasteiger partial charge in [-0.1, -0.05) is 13.3 Å². The van der Waals surface area contributed by atoms with Gasteiger partial charge in [0, 0.05) is 14.7 Å². The molecule has 2 rings (SSSR count). The quantitative estimate of drug-likeness (QED) is 0.871. The summed E-state index contributed by atoms with van der Waals surface area (Å²) >= 11 is 5.09. The van der Waals surface area contributed by atoms with Gasteiger partial charge in [-0.15, -0.1) is 11.3 Å². The van der Waals surface area contributed by atoms with Crippen molar-refractivity contribution in [3.8, 4) is 0 Å². The van der Waals surface area contributed by atoms with Crippen LogP contribution in [0.1, 0.15) is 37.5 Å². The maximum absolute atomic E-state index is 12.4. The normalized spacial score (nSPS) is 23.2. The minimum atomic E-state index is -0.316. The van der Waals surface area contributed by atoms with Gasteiger partial charge < -0.3 is 10.6 Å². The zero-order valence-corrected chi connectivity index (χ0v) is 13.0. The highest BCUT2D eigenvalue weighted by Crippen LogP contribution is 2.25.